The van der Waals surface area contributed by atoms with Crippen molar-refractivity contribution in [2.75, 3.05) is 20.0 Å². The number of rotatable bonds is 4. The number of nitrogens with two attached hydrogens (primary N) is 1. The van der Waals surface area contributed by atoms with Gasteiger partial charge in [-0.05, 0) is 30.7 Å². The average molecular weight is 308 g/mol. The fraction of sp³-hybridized carbons (Fsp3) is 0.250. The van der Waals surface area contributed by atoms with E-state index in [2.05, 4.69) is 0 Å². The van der Waals surface area contributed by atoms with Crippen LogP contribution in [0.15, 0.2) is 30.3 Å². The minimum atomic E-state index is -0.951. The zero-order valence-electron chi connectivity index (χ0n) is 12.2. The second-order valence-corrected chi connectivity index (χ2v) is 5.12. The lowest BCUT2D eigenvalue weighted by atomic mass is 9.97. The molecule has 0 bridgehead atoms. The third-order valence-electron chi connectivity index (χ3n) is 3.39. The molecule has 0 spiro atoms. The Morgan fingerprint density at radius 1 is 1.14 bits per heavy atom. The van der Waals surface area contributed by atoms with E-state index in [0.717, 1.165) is 5.56 Å². The highest BCUT2D eigenvalue weighted by atomic mass is 35.5. The molecule has 1 atom stereocenters. The van der Waals surface area contributed by atoms with E-state index in [9.17, 15) is 5.11 Å². The van der Waals surface area contributed by atoms with Crippen LogP contribution in [0.1, 0.15) is 22.8 Å². The molecule has 2 aromatic rings. The summed E-state index contributed by atoms with van der Waals surface area (Å²) in [6.07, 6.45) is -0.951. The Morgan fingerprint density at radius 2 is 1.86 bits per heavy atom. The molecule has 5 heteroatoms. The molecule has 2 rings (SSSR count). The molecular weight excluding hydrogens is 290 g/mol. The molecule has 0 aliphatic carbocycles. The quantitative estimate of drug-likeness (QED) is 0.850. The van der Waals surface area contributed by atoms with E-state index < -0.39 is 6.10 Å². The van der Waals surface area contributed by atoms with Crippen molar-refractivity contribution in [3.63, 3.8) is 0 Å². The van der Waals surface area contributed by atoms with Gasteiger partial charge < -0.3 is 20.3 Å². The number of hydrogen-bond donors (Lipinski definition) is 2. The molecule has 4 nitrogen and oxygen atoms in total. The van der Waals surface area contributed by atoms with Crippen molar-refractivity contribution in [3.8, 4) is 11.5 Å². The van der Waals surface area contributed by atoms with E-state index in [4.69, 9.17) is 26.8 Å². The van der Waals surface area contributed by atoms with E-state index in [1.165, 1.54) is 7.11 Å². The SMILES string of the molecule is COc1cccc(C(O)c2cc(Cl)c(C)cc2N)c1OC. The van der Waals surface area contributed by atoms with Crippen LogP contribution in [-0.2, 0) is 0 Å². The topological polar surface area (TPSA) is 64.7 Å². The minimum Gasteiger partial charge on any atom is -0.493 e. The summed E-state index contributed by atoms with van der Waals surface area (Å²) >= 11 is 6.13. The van der Waals surface area contributed by atoms with Crippen LogP contribution in [0, 0.1) is 6.92 Å². The van der Waals surface area contributed by atoms with Crippen LogP contribution < -0.4 is 15.2 Å². The molecule has 0 amide bonds. The first-order valence-corrected chi connectivity index (χ1v) is 6.81. The second-order valence-electron chi connectivity index (χ2n) is 4.72. The predicted octanol–water partition coefficient (Wildman–Crippen LogP) is 3.33. The summed E-state index contributed by atoms with van der Waals surface area (Å²) in [7, 11) is 3.07. The largest absolute Gasteiger partial charge is 0.493 e. The standard InChI is InChI=1S/C16H18ClNO3/c1-9-7-13(18)11(8-12(9)17)15(19)10-5-4-6-14(20-2)16(10)21-3/h4-8,15,19H,18H2,1-3H3. The van der Waals surface area contributed by atoms with Crippen molar-refractivity contribution >= 4 is 17.3 Å². The minimum absolute atomic E-state index is 0.476. The Labute approximate surface area is 129 Å². The van der Waals surface area contributed by atoms with Crippen molar-refractivity contribution in [1.82, 2.24) is 0 Å². The van der Waals surface area contributed by atoms with Crippen LogP contribution in [0.3, 0.4) is 0 Å². The molecule has 0 saturated carbocycles. The number of anilines is 1. The van der Waals surface area contributed by atoms with Crippen LogP contribution >= 0.6 is 11.6 Å². The fourth-order valence-electron chi connectivity index (χ4n) is 2.25. The summed E-state index contributed by atoms with van der Waals surface area (Å²) in [6.45, 7) is 1.86. The van der Waals surface area contributed by atoms with Gasteiger partial charge in [0.05, 0.1) is 14.2 Å². The van der Waals surface area contributed by atoms with E-state index in [1.54, 1.807) is 37.4 Å². The van der Waals surface area contributed by atoms with E-state index >= 15 is 0 Å². The Morgan fingerprint density at radius 3 is 2.48 bits per heavy atom. The number of methoxy groups -OCH3 is 2. The van der Waals surface area contributed by atoms with E-state index in [1.807, 2.05) is 6.92 Å². The molecule has 0 aliphatic rings. The normalized spacial score (nSPS) is 12.0. The number of nitrogen functional groups attached to an aromatic ring is 1. The molecule has 0 saturated heterocycles. The van der Waals surface area contributed by atoms with Gasteiger partial charge in [0.1, 0.15) is 6.10 Å². The third-order valence-corrected chi connectivity index (χ3v) is 3.79. The number of aryl methyl sites for hydroxylation is 1. The molecule has 0 aromatic heterocycles. The van der Waals surface area contributed by atoms with Crippen molar-refractivity contribution in [2.24, 2.45) is 0 Å². The summed E-state index contributed by atoms with van der Waals surface area (Å²) in [6, 6.07) is 8.73. The summed E-state index contributed by atoms with van der Waals surface area (Å²) in [5, 5.41) is 11.2. The third kappa shape index (κ3) is 2.91. The predicted molar refractivity (Wildman–Crippen MR) is 84.2 cm³/mol. The number of aliphatic hydroxyl groups excluding tert-OH is 1. The maximum atomic E-state index is 10.6. The van der Waals surface area contributed by atoms with Crippen LogP contribution in [0.2, 0.25) is 5.02 Å². The first-order chi connectivity index (χ1) is 9.99. The van der Waals surface area contributed by atoms with Crippen molar-refractivity contribution < 1.29 is 14.6 Å². The number of ether oxygens (including phenoxy) is 2. The van der Waals surface area contributed by atoms with Gasteiger partial charge >= 0.3 is 0 Å². The Hall–Kier alpha value is -1.91. The molecular formula is C16H18ClNO3. The number of halogens is 1. The number of para-hydroxylation sites is 1. The van der Waals surface area contributed by atoms with E-state index in [0.29, 0.717) is 33.3 Å². The molecule has 0 radical (unpaired) electrons. The maximum absolute atomic E-state index is 10.6. The first-order valence-electron chi connectivity index (χ1n) is 6.44. The molecule has 0 aliphatic heterocycles. The van der Waals surface area contributed by atoms with Gasteiger partial charge in [-0.3, -0.25) is 0 Å². The summed E-state index contributed by atoms with van der Waals surface area (Å²) < 4.78 is 10.6. The lowest BCUT2D eigenvalue weighted by Crippen LogP contribution is -2.07. The molecule has 0 fully saturated rings. The van der Waals surface area contributed by atoms with Gasteiger partial charge in [0, 0.05) is 21.8 Å². The number of benzene rings is 2. The van der Waals surface area contributed by atoms with Crippen LogP contribution in [0.4, 0.5) is 5.69 Å². The summed E-state index contributed by atoms with van der Waals surface area (Å²) in [5.74, 6) is 1.02. The van der Waals surface area contributed by atoms with Crippen LogP contribution in [-0.4, -0.2) is 19.3 Å². The monoisotopic (exact) mass is 307 g/mol. The zero-order chi connectivity index (χ0) is 15.6. The molecule has 2 aromatic carbocycles. The maximum Gasteiger partial charge on any atom is 0.166 e. The van der Waals surface area contributed by atoms with Gasteiger partial charge in [-0.15, -0.1) is 0 Å². The van der Waals surface area contributed by atoms with Crippen molar-refractivity contribution in [1.29, 1.82) is 0 Å². The summed E-state index contributed by atoms with van der Waals surface area (Å²) in [4.78, 5) is 0. The number of aliphatic hydroxyl groups is 1. The highest BCUT2D eigenvalue weighted by Gasteiger charge is 2.21. The highest BCUT2D eigenvalue weighted by Crippen LogP contribution is 2.39. The number of hydrogen-bond acceptors (Lipinski definition) is 4. The zero-order valence-corrected chi connectivity index (χ0v) is 12.9. The molecule has 3 N–H and O–H groups in total. The Bertz CT molecular complexity index is 658. The fourth-order valence-corrected chi connectivity index (χ4v) is 2.42. The van der Waals surface area contributed by atoms with Gasteiger partial charge in [0.2, 0.25) is 0 Å². The van der Waals surface area contributed by atoms with E-state index in [-0.39, 0.29) is 0 Å². The Kier molecular flexibility index (Phi) is 4.60. The molecule has 1 unspecified atom stereocenters. The first kappa shape index (κ1) is 15.5. The Balaban J connectivity index is 2.55. The van der Waals surface area contributed by atoms with Gasteiger partial charge in [-0.2, -0.15) is 0 Å². The van der Waals surface area contributed by atoms with Gasteiger partial charge in [-0.25, -0.2) is 0 Å². The summed E-state index contributed by atoms with van der Waals surface area (Å²) in [5.41, 5.74) is 8.46. The lowest BCUT2D eigenvalue weighted by molar-refractivity contribution is 0.213. The van der Waals surface area contributed by atoms with Gasteiger partial charge in [0.25, 0.3) is 0 Å². The van der Waals surface area contributed by atoms with Gasteiger partial charge in [0.15, 0.2) is 11.5 Å². The molecule has 0 heterocycles. The average Bonchev–Trinajstić information content (AvgIpc) is 2.49. The molecule has 21 heavy (non-hydrogen) atoms. The van der Waals surface area contributed by atoms with Crippen LogP contribution in [0.5, 0.6) is 11.5 Å². The second kappa shape index (κ2) is 6.24. The molecule has 112 valence electrons. The van der Waals surface area contributed by atoms with Crippen molar-refractivity contribution in [2.45, 2.75) is 13.0 Å². The lowest BCUT2D eigenvalue weighted by Gasteiger charge is -2.19. The smallest absolute Gasteiger partial charge is 0.166 e. The highest BCUT2D eigenvalue weighted by molar-refractivity contribution is 6.31. The van der Waals surface area contributed by atoms with Crippen LogP contribution in [0.25, 0.3) is 0 Å². The van der Waals surface area contributed by atoms with Gasteiger partial charge in [-0.1, -0.05) is 23.7 Å². The van der Waals surface area contributed by atoms with Crippen molar-refractivity contribution in [3.05, 3.63) is 52.0 Å².